The van der Waals surface area contributed by atoms with Crippen LogP contribution in [0.15, 0.2) is 83.3 Å². The summed E-state index contributed by atoms with van der Waals surface area (Å²) < 4.78 is 11.8. The summed E-state index contributed by atoms with van der Waals surface area (Å²) in [4.78, 5) is 16.2. The molecule has 0 aliphatic carbocycles. The molecule has 0 aliphatic rings. The Balaban J connectivity index is 1.55. The van der Waals surface area contributed by atoms with Gasteiger partial charge >= 0.3 is 5.97 Å². The molecule has 176 valence electrons. The van der Waals surface area contributed by atoms with Gasteiger partial charge in [-0.3, -0.25) is 5.32 Å². The van der Waals surface area contributed by atoms with E-state index in [0.29, 0.717) is 11.6 Å². The van der Waals surface area contributed by atoms with Crippen molar-refractivity contribution >= 4 is 17.1 Å². The summed E-state index contributed by atoms with van der Waals surface area (Å²) in [5, 5.41) is 13.0. The van der Waals surface area contributed by atoms with E-state index in [4.69, 9.17) is 14.1 Å². The van der Waals surface area contributed by atoms with Gasteiger partial charge in [0, 0.05) is 6.04 Å². The Morgan fingerprint density at radius 3 is 2.53 bits per heavy atom. The zero-order valence-corrected chi connectivity index (χ0v) is 19.7. The topological polar surface area (TPSA) is 84.6 Å². The molecule has 0 bridgehead atoms. The van der Waals surface area contributed by atoms with Gasteiger partial charge in [-0.2, -0.15) is 0 Å². The van der Waals surface area contributed by atoms with Gasteiger partial charge in [-0.25, -0.2) is 9.78 Å². The summed E-state index contributed by atoms with van der Waals surface area (Å²) in [5.74, 6) is 0.158. The van der Waals surface area contributed by atoms with Crippen molar-refractivity contribution in [1.82, 2.24) is 10.3 Å². The molecule has 34 heavy (non-hydrogen) atoms. The number of carboxylic acids is 1. The maximum atomic E-state index is 11.5. The number of fused-ring (bicyclic) bond motifs is 1. The largest absolute Gasteiger partial charge is 0.478 e. The zero-order valence-electron chi connectivity index (χ0n) is 19.7. The van der Waals surface area contributed by atoms with Crippen LogP contribution in [0.5, 0.6) is 5.75 Å². The van der Waals surface area contributed by atoms with Crippen LogP contribution >= 0.6 is 0 Å². The Kier molecular flexibility index (Phi) is 6.98. The van der Waals surface area contributed by atoms with Crippen molar-refractivity contribution in [3.8, 4) is 5.75 Å². The molecule has 0 saturated heterocycles. The van der Waals surface area contributed by atoms with Crippen molar-refractivity contribution in [2.75, 3.05) is 0 Å². The number of oxazole rings is 1. The number of rotatable bonds is 10. The number of aromatic nitrogens is 1. The fraction of sp³-hybridized carbons (Fsp3) is 0.286. The first-order chi connectivity index (χ1) is 16.3. The summed E-state index contributed by atoms with van der Waals surface area (Å²) >= 11 is 0. The fourth-order valence-corrected chi connectivity index (χ4v) is 3.86. The molecule has 2 atom stereocenters. The molecule has 6 heteroatoms. The minimum absolute atomic E-state index is 0.0488. The van der Waals surface area contributed by atoms with Crippen LogP contribution in [0.3, 0.4) is 0 Å². The quantitative estimate of drug-likeness (QED) is 0.299. The van der Waals surface area contributed by atoms with Gasteiger partial charge in [0.15, 0.2) is 11.2 Å². The van der Waals surface area contributed by atoms with Gasteiger partial charge in [-0.1, -0.05) is 54.6 Å². The summed E-state index contributed by atoms with van der Waals surface area (Å²) in [6.07, 6.45) is 1.68. The molecule has 0 radical (unpaired) electrons. The third kappa shape index (κ3) is 5.64. The van der Waals surface area contributed by atoms with Crippen molar-refractivity contribution in [3.05, 3.63) is 95.9 Å². The third-order valence-electron chi connectivity index (χ3n) is 5.87. The van der Waals surface area contributed by atoms with E-state index in [0.717, 1.165) is 29.5 Å². The normalized spacial score (nSPS) is 13.5. The van der Waals surface area contributed by atoms with Crippen LogP contribution in [0.25, 0.3) is 11.1 Å². The van der Waals surface area contributed by atoms with E-state index < -0.39 is 11.6 Å². The maximum Gasteiger partial charge on any atom is 0.347 e. The van der Waals surface area contributed by atoms with Gasteiger partial charge in [-0.05, 0) is 69.0 Å². The first-order valence-corrected chi connectivity index (χ1v) is 11.5. The van der Waals surface area contributed by atoms with Gasteiger partial charge in [0.1, 0.15) is 11.3 Å². The first kappa shape index (κ1) is 23.5. The molecule has 0 aliphatic heterocycles. The number of aliphatic carboxylic acids is 1. The Labute approximate surface area is 199 Å². The first-order valence-electron chi connectivity index (χ1n) is 11.5. The lowest BCUT2D eigenvalue weighted by Gasteiger charge is -2.24. The van der Waals surface area contributed by atoms with Gasteiger partial charge in [-0.15, -0.1) is 0 Å². The van der Waals surface area contributed by atoms with Crippen LogP contribution in [-0.4, -0.2) is 21.7 Å². The lowest BCUT2D eigenvalue weighted by atomic mass is 10.0. The predicted octanol–water partition coefficient (Wildman–Crippen LogP) is 6.09. The van der Waals surface area contributed by atoms with Crippen molar-refractivity contribution in [1.29, 1.82) is 0 Å². The lowest BCUT2D eigenvalue weighted by Crippen LogP contribution is -2.37. The fourth-order valence-electron chi connectivity index (χ4n) is 3.86. The number of ether oxygens (including phenoxy) is 1. The number of hydrogen-bond donors (Lipinski definition) is 2. The Morgan fingerprint density at radius 1 is 1.06 bits per heavy atom. The van der Waals surface area contributed by atoms with Crippen molar-refractivity contribution < 1.29 is 19.1 Å². The summed E-state index contributed by atoms with van der Waals surface area (Å²) in [6, 6.07) is 25.5. The van der Waals surface area contributed by atoms with E-state index in [1.807, 2.05) is 60.7 Å². The number of carboxylic acid groups (broad SMARTS) is 1. The van der Waals surface area contributed by atoms with Crippen LogP contribution in [0.1, 0.15) is 56.3 Å². The molecule has 0 saturated carbocycles. The van der Waals surface area contributed by atoms with Gasteiger partial charge < -0.3 is 14.3 Å². The van der Waals surface area contributed by atoms with E-state index in [9.17, 15) is 9.90 Å². The third-order valence-corrected chi connectivity index (χ3v) is 5.87. The van der Waals surface area contributed by atoms with E-state index in [1.54, 1.807) is 6.07 Å². The minimum Gasteiger partial charge on any atom is -0.478 e. The summed E-state index contributed by atoms with van der Waals surface area (Å²) in [6.45, 7) is 5.15. The second-order valence-corrected chi connectivity index (χ2v) is 8.98. The Bertz CT molecular complexity index is 1220. The molecule has 2 unspecified atom stereocenters. The van der Waals surface area contributed by atoms with Gasteiger partial charge in [0.25, 0.3) is 0 Å². The zero-order chi connectivity index (χ0) is 24.1. The smallest absolute Gasteiger partial charge is 0.347 e. The highest BCUT2D eigenvalue weighted by molar-refractivity contribution is 5.76. The summed E-state index contributed by atoms with van der Waals surface area (Å²) in [7, 11) is 0. The van der Waals surface area contributed by atoms with Crippen LogP contribution in [0.2, 0.25) is 0 Å². The van der Waals surface area contributed by atoms with E-state index >= 15 is 0 Å². The Hall–Kier alpha value is -3.64. The molecule has 3 aromatic carbocycles. The second-order valence-electron chi connectivity index (χ2n) is 8.98. The van der Waals surface area contributed by atoms with Crippen molar-refractivity contribution in [2.24, 2.45) is 0 Å². The predicted molar refractivity (Wildman–Crippen MR) is 132 cm³/mol. The molecule has 1 aromatic heterocycles. The molecule has 4 aromatic rings. The van der Waals surface area contributed by atoms with Crippen LogP contribution in [0.4, 0.5) is 0 Å². The monoisotopic (exact) mass is 458 g/mol. The number of aryl methyl sites for hydroxylation is 1. The highest BCUT2D eigenvalue weighted by Gasteiger charge is 2.29. The molecule has 2 N–H and O–H groups in total. The maximum absolute atomic E-state index is 11.5. The van der Waals surface area contributed by atoms with Gasteiger partial charge in [0.05, 0.1) is 6.04 Å². The molecule has 0 fully saturated rings. The van der Waals surface area contributed by atoms with E-state index in [-0.39, 0.29) is 12.1 Å². The van der Waals surface area contributed by atoms with E-state index in [1.165, 1.54) is 19.4 Å². The molecular weight excluding hydrogens is 428 g/mol. The number of para-hydroxylation sites is 2. The van der Waals surface area contributed by atoms with Crippen molar-refractivity contribution in [3.63, 3.8) is 0 Å². The van der Waals surface area contributed by atoms with Crippen LogP contribution in [0, 0.1) is 0 Å². The van der Waals surface area contributed by atoms with Crippen LogP contribution < -0.4 is 10.1 Å². The number of hydrogen-bond acceptors (Lipinski definition) is 5. The summed E-state index contributed by atoms with van der Waals surface area (Å²) in [5.41, 5.74) is 2.53. The molecule has 0 spiro atoms. The molecule has 6 nitrogen and oxygen atoms in total. The number of carbonyl (C=O) groups is 1. The van der Waals surface area contributed by atoms with Crippen molar-refractivity contribution in [2.45, 2.75) is 51.3 Å². The standard InChI is InChI=1S/C28H30N2O4/c1-19(21-12-9-13-22(18-21)34-28(2,3)27(31)32)29-24(17-16-20-10-5-4-6-11-20)26-30-23-14-7-8-15-25(23)33-26/h4-15,18-19,24,29H,16-17H2,1-3H3,(H,31,32). The average molecular weight is 459 g/mol. The SMILES string of the molecule is CC(NC(CCc1ccccc1)c1nc2ccccc2o1)c1cccc(OC(C)(C)C(=O)O)c1. The lowest BCUT2D eigenvalue weighted by molar-refractivity contribution is -0.152. The molecular formula is C28H30N2O4. The number of nitrogens with one attached hydrogen (secondary N) is 1. The average Bonchev–Trinajstić information content (AvgIpc) is 3.26. The number of nitrogens with zero attached hydrogens (tertiary/aromatic N) is 1. The highest BCUT2D eigenvalue weighted by Crippen LogP contribution is 2.28. The minimum atomic E-state index is -1.31. The highest BCUT2D eigenvalue weighted by atomic mass is 16.5. The molecule has 4 rings (SSSR count). The number of benzene rings is 3. The molecule has 0 amide bonds. The van der Waals surface area contributed by atoms with E-state index in [2.05, 4.69) is 24.4 Å². The Morgan fingerprint density at radius 2 is 1.79 bits per heavy atom. The van der Waals surface area contributed by atoms with Crippen LogP contribution in [-0.2, 0) is 11.2 Å². The second kappa shape index (κ2) is 10.1. The molecule has 1 heterocycles. The van der Waals surface area contributed by atoms with Gasteiger partial charge in [0.2, 0.25) is 5.89 Å².